The summed E-state index contributed by atoms with van der Waals surface area (Å²) in [7, 11) is 0. The van der Waals surface area contributed by atoms with Crippen LogP contribution in [-0.4, -0.2) is 17.3 Å². The fourth-order valence-electron chi connectivity index (χ4n) is 4.30. The summed E-state index contributed by atoms with van der Waals surface area (Å²) in [4.78, 5) is 27.5. The van der Waals surface area contributed by atoms with Crippen LogP contribution in [0.1, 0.15) is 42.7 Å². The van der Waals surface area contributed by atoms with Crippen LogP contribution in [0.4, 0.5) is 13.2 Å². The summed E-state index contributed by atoms with van der Waals surface area (Å²) >= 11 is 1.05. The Balaban J connectivity index is 1.74. The summed E-state index contributed by atoms with van der Waals surface area (Å²) in [5.41, 5.74) is -1.11. The molecule has 0 saturated carbocycles. The number of hydrogen-bond donors (Lipinski definition) is 0. The van der Waals surface area contributed by atoms with Crippen molar-refractivity contribution in [2.45, 2.75) is 11.4 Å². The Morgan fingerprint density at radius 1 is 0.806 bits per heavy atom. The summed E-state index contributed by atoms with van der Waals surface area (Å²) in [5.74, 6) is -0.855. The summed E-state index contributed by atoms with van der Waals surface area (Å²) < 4.78 is 44.5. The van der Waals surface area contributed by atoms with E-state index in [2.05, 4.69) is 4.40 Å². The van der Waals surface area contributed by atoms with E-state index < -0.39 is 34.0 Å². The van der Waals surface area contributed by atoms with Crippen LogP contribution in [0.5, 0.6) is 0 Å². The molecule has 3 aromatic rings. The number of halogens is 3. The van der Waals surface area contributed by atoms with E-state index in [4.69, 9.17) is 0 Å². The van der Waals surface area contributed by atoms with E-state index >= 15 is 0 Å². The zero-order valence-electron chi connectivity index (χ0n) is 15.9. The molecule has 0 radical (unpaired) electrons. The maximum atomic E-state index is 13.7. The first-order valence-corrected chi connectivity index (χ1v) is 10.3. The van der Waals surface area contributed by atoms with E-state index in [0.717, 1.165) is 24.1 Å². The van der Waals surface area contributed by atoms with Crippen molar-refractivity contribution in [3.63, 3.8) is 0 Å². The van der Waals surface area contributed by atoms with Crippen LogP contribution >= 0.6 is 11.9 Å². The molecule has 7 heteroatoms. The molecule has 2 aliphatic rings. The Morgan fingerprint density at radius 3 is 2.03 bits per heavy atom. The van der Waals surface area contributed by atoms with E-state index in [1.165, 1.54) is 12.1 Å². The molecule has 0 saturated heterocycles. The Morgan fingerprint density at radius 2 is 1.42 bits per heavy atom. The average molecular weight is 437 g/mol. The van der Waals surface area contributed by atoms with Crippen LogP contribution in [0.25, 0.3) is 0 Å². The van der Waals surface area contributed by atoms with E-state index in [1.807, 2.05) is 6.07 Å². The number of hydrogen-bond acceptors (Lipinski definition) is 4. The van der Waals surface area contributed by atoms with Crippen molar-refractivity contribution in [1.82, 2.24) is 0 Å². The number of benzene rings is 3. The molecule has 154 valence electrons. The molecule has 0 fully saturated rings. The molecule has 5 rings (SSSR count). The van der Waals surface area contributed by atoms with Gasteiger partial charge in [0.05, 0.1) is 16.5 Å². The highest BCUT2D eigenvalue weighted by Crippen LogP contribution is 2.58. The first-order chi connectivity index (χ1) is 14.8. The lowest BCUT2D eigenvalue weighted by Gasteiger charge is -2.29. The average Bonchev–Trinajstić information content (AvgIpc) is 3.28. The standard InChI is InChI=1S/C24H14F3NO2S/c25-24(26,27)16-10-6-9-15(13-16)19-23(22(31-28-19)14-7-2-1-3-8-14)20(29)17-11-4-5-12-18(17)21(23)30/h1-13,22H. The summed E-state index contributed by atoms with van der Waals surface area (Å²) in [6, 6.07) is 20.2. The molecule has 1 atom stereocenters. The molecule has 0 aromatic heterocycles. The zero-order valence-corrected chi connectivity index (χ0v) is 16.7. The minimum absolute atomic E-state index is 0.0728. The van der Waals surface area contributed by atoms with Gasteiger partial charge in [0.15, 0.2) is 17.0 Å². The lowest BCUT2D eigenvalue weighted by molar-refractivity contribution is -0.137. The number of carbonyl (C=O) groups is 2. The van der Waals surface area contributed by atoms with Gasteiger partial charge in [0.1, 0.15) is 0 Å². The molecule has 1 spiro atoms. The monoisotopic (exact) mass is 437 g/mol. The maximum absolute atomic E-state index is 13.7. The second-order valence-electron chi connectivity index (χ2n) is 7.43. The number of rotatable bonds is 2. The quantitative estimate of drug-likeness (QED) is 0.367. The maximum Gasteiger partial charge on any atom is 0.416 e. The van der Waals surface area contributed by atoms with Gasteiger partial charge in [-0.2, -0.15) is 13.2 Å². The van der Waals surface area contributed by atoms with Gasteiger partial charge in [0.25, 0.3) is 0 Å². The number of alkyl halides is 3. The zero-order chi connectivity index (χ0) is 21.8. The molecule has 1 unspecified atom stereocenters. The van der Waals surface area contributed by atoms with Gasteiger partial charge in [0.2, 0.25) is 0 Å². The van der Waals surface area contributed by atoms with Crippen molar-refractivity contribution in [3.05, 3.63) is 107 Å². The van der Waals surface area contributed by atoms with Gasteiger partial charge >= 0.3 is 6.18 Å². The summed E-state index contributed by atoms with van der Waals surface area (Å²) in [6.07, 6.45) is -4.55. The van der Waals surface area contributed by atoms with Gasteiger partial charge < -0.3 is 0 Å². The molecule has 0 amide bonds. The van der Waals surface area contributed by atoms with Gasteiger partial charge in [-0.25, -0.2) is 4.40 Å². The lowest BCUT2D eigenvalue weighted by atomic mass is 9.70. The lowest BCUT2D eigenvalue weighted by Crippen LogP contribution is -2.43. The third-order valence-electron chi connectivity index (χ3n) is 5.71. The van der Waals surface area contributed by atoms with E-state index in [-0.39, 0.29) is 22.4 Å². The molecular weight excluding hydrogens is 423 g/mol. The van der Waals surface area contributed by atoms with Crippen molar-refractivity contribution >= 4 is 29.2 Å². The third-order valence-corrected chi connectivity index (χ3v) is 6.84. The second kappa shape index (κ2) is 6.92. The summed E-state index contributed by atoms with van der Waals surface area (Å²) in [6.45, 7) is 0. The van der Waals surface area contributed by atoms with Crippen LogP contribution in [0.15, 0.2) is 83.3 Å². The number of fused-ring (bicyclic) bond motifs is 1. The van der Waals surface area contributed by atoms with Crippen LogP contribution in [0.2, 0.25) is 0 Å². The Bertz CT molecular complexity index is 1220. The van der Waals surface area contributed by atoms with Crippen LogP contribution in [-0.2, 0) is 6.18 Å². The Hall–Kier alpha value is -3.19. The number of nitrogens with zero attached hydrogens (tertiary/aromatic N) is 1. The highest BCUT2D eigenvalue weighted by molar-refractivity contribution is 7.99. The van der Waals surface area contributed by atoms with Crippen molar-refractivity contribution in [2.75, 3.05) is 0 Å². The highest BCUT2D eigenvalue weighted by Gasteiger charge is 2.64. The van der Waals surface area contributed by atoms with Crippen molar-refractivity contribution in [1.29, 1.82) is 0 Å². The SMILES string of the molecule is O=C1c2ccccc2C(=O)C12C(c1cccc(C(F)(F)F)c1)=NSC2c1ccccc1. The molecule has 1 heterocycles. The normalized spacial score (nSPS) is 19.6. The summed E-state index contributed by atoms with van der Waals surface area (Å²) in [5, 5.41) is -0.675. The van der Waals surface area contributed by atoms with Gasteiger partial charge in [0, 0.05) is 11.1 Å². The van der Waals surface area contributed by atoms with E-state index in [1.54, 1.807) is 48.5 Å². The van der Waals surface area contributed by atoms with Crippen molar-refractivity contribution < 1.29 is 22.8 Å². The molecule has 0 bridgehead atoms. The fourth-order valence-corrected chi connectivity index (χ4v) is 5.53. The van der Waals surface area contributed by atoms with Crippen LogP contribution in [0.3, 0.4) is 0 Å². The molecule has 31 heavy (non-hydrogen) atoms. The minimum Gasteiger partial charge on any atom is -0.292 e. The van der Waals surface area contributed by atoms with Crippen molar-refractivity contribution in [2.24, 2.45) is 9.81 Å². The van der Waals surface area contributed by atoms with Gasteiger partial charge in [-0.3, -0.25) is 9.59 Å². The van der Waals surface area contributed by atoms with Crippen molar-refractivity contribution in [3.8, 4) is 0 Å². The first-order valence-electron chi connectivity index (χ1n) is 9.50. The predicted molar refractivity (Wildman–Crippen MR) is 112 cm³/mol. The first kappa shape index (κ1) is 19.8. The third kappa shape index (κ3) is 2.80. The van der Waals surface area contributed by atoms with Crippen LogP contribution < -0.4 is 0 Å². The molecule has 1 aliphatic heterocycles. The predicted octanol–water partition coefficient (Wildman–Crippen LogP) is 5.96. The van der Waals surface area contributed by atoms with Crippen LogP contribution in [0, 0.1) is 5.41 Å². The van der Waals surface area contributed by atoms with Gasteiger partial charge in [-0.15, -0.1) is 0 Å². The molecule has 1 aliphatic carbocycles. The van der Waals surface area contributed by atoms with E-state index in [0.29, 0.717) is 5.56 Å². The number of carbonyl (C=O) groups excluding carboxylic acids is 2. The van der Waals surface area contributed by atoms with Gasteiger partial charge in [-0.1, -0.05) is 66.7 Å². The molecule has 3 aromatic carbocycles. The Kier molecular flexibility index (Phi) is 4.41. The fraction of sp³-hybridized carbons (Fsp3) is 0.125. The molecular formula is C24H14F3NO2S. The number of Topliss-reactive ketones (excluding diaryl/α,β-unsaturated/α-hetero) is 2. The largest absolute Gasteiger partial charge is 0.416 e. The second-order valence-corrected chi connectivity index (χ2v) is 8.29. The number of ketones is 2. The Labute approximate surface area is 180 Å². The molecule has 0 N–H and O–H groups in total. The highest BCUT2D eigenvalue weighted by atomic mass is 32.2. The van der Waals surface area contributed by atoms with E-state index in [9.17, 15) is 22.8 Å². The smallest absolute Gasteiger partial charge is 0.292 e. The molecule has 3 nitrogen and oxygen atoms in total. The topological polar surface area (TPSA) is 46.5 Å². The van der Waals surface area contributed by atoms with Gasteiger partial charge in [-0.05, 0) is 35.2 Å². The minimum atomic E-state index is -4.55.